The van der Waals surface area contributed by atoms with Crippen LogP contribution in [-0.2, 0) is 19.8 Å². The average Bonchev–Trinajstić information content (AvgIpc) is 3.41. The molecule has 2 heterocycles. The Kier molecular flexibility index (Phi) is 8.53. The number of hydrogen-bond acceptors (Lipinski definition) is 8. The van der Waals surface area contributed by atoms with Crippen LogP contribution in [0.5, 0.6) is 11.5 Å². The summed E-state index contributed by atoms with van der Waals surface area (Å²) in [5.41, 5.74) is 0.277. The Morgan fingerprint density at radius 3 is 1.93 bits per heavy atom. The van der Waals surface area contributed by atoms with Crippen molar-refractivity contribution in [3.05, 3.63) is 135 Å². The summed E-state index contributed by atoms with van der Waals surface area (Å²) in [6.45, 7) is 1.56. The number of hydrogen-bond donors (Lipinski definition) is 1. The predicted octanol–water partition coefficient (Wildman–Crippen LogP) is 2.94. The molecule has 213 valence electrons. The van der Waals surface area contributed by atoms with E-state index < -0.39 is 35.2 Å². The molecule has 1 fully saturated rings. The van der Waals surface area contributed by atoms with Crippen molar-refractivity contribution >= 4 is 0 Å². The first-order chi connectivity index (χ1) is 20.0. The number of nitrogens with zero attached hydrogens (tertiary/aromatic N) is 1. The van der Waals surface area contributed by atoms with Gasteiger partial charge in [-0.3, -0.25) is 9.78 Å². The van der Waals surface area contributed by atoms with E-state index in [0.29, 0.717) is 11.5 Å². The van der Waals surface area contributed by atoms with Crippen molar-refractivity contribution in [2.45, 2.75) is 23.9 Å². The van der Waals surface area contributed by atoms with Crippen molar-refractivity contribution in [3.63, 3.8) is 0 Å². The maximum absolute atomic E-state index is 12.3. The molecule has 0 amide bonds. The second-order valence-electron chi connectivity index (χ2n) is 9.33. The summed E-state index contributed by atoms with van der Waals surface area (Å²) in [6.07, 6.45) is -0.773. The van der Waals surface area contributed by atoms with Crippen molar-refractivity contribution < 1.29 is 28.5 Å². The first-order valence-electron chi connectivity index (χ1n) is 13.0. The molecule has 10 heteroatoms. The lowest BCUT2D eigenvalue weighted by Crippen LogP contribution is -2.47. The Bertz CT molecular complexity index is 1490. The van der Waals surface area contributed by atoms with E-state index in [2.05, 4.69) is 4.98 Å². The van der Waals surface area contributed by atoms with Gasteiger partial charge in [0.1, 0.15) is 35.9 Å². The van der Waals surface area contributed by atoms with Gasteiger partial charge in [0.05, 0.1) is 27.0 Å². The van der Waals surface area contributed by atoms with E-state index in [-0.39, 0.29) is 6.61 Å². The zero-order chi connectivity index (χ0) is 28.8. The Hall–Kier alpha value is -4.38. The van der Waals surface area contributed by atoms with E-state index in [1.165, 1.54) is 26.0 Å². The van der Waals surface area contributed by atoms with Gasteiger partial charge in [0.25, 0.3) is 5.56 Å². The Labute approximate surface area is 236 Å². The van der Waals surface area contributed by atoms with Gasteiger partial charge in [0.2, 0.25) is 0 Å². The van der Waals surface area contributed by atoms with Crippen LogP contribution >= 0.6 is 0 Å². The molecule has 1 N–H and O–H groups in total. The van der Waals surface area contributed by atoms with E-state index in [1.54, 1.807) is 14.2 Å². The van der Waals surface area contributed by atoms with Crippen molar-refractivity contribution in [1.82, 2.24) is 9.71 Å². The molecular formula is C31H31N2O8. The summed E-state index contributed by atoms with van der Waals surface area (Å²) in [4.78, 5) is 32.0. The van der Waals surface area contributed by atoms with Crippen molar-refractivity contribution in [2.75, 3.05) is 27.9 Å². The molecule has 4 aromatic rings. The highest BCUT2D eigenvalue weighted by Crippen LogP contribution is 2.42. The molecule has 10 nitrogen and oxygen atoms in total. The number of H-pyrrole nitrogens is 1. The Morgan fingerprint density at radius 1 is 0.805 bits per heavy atom. The normalized spacial score (nSPS) is 18.7. The maximum Gasteiger partial charge on any atom is 0.361 e. The van der Waals surface area contributed by atoms with Crippen molar-refractivity contribution in [2.24, 2.45) is 0 Å². The fourth-order valence-electron chi connectivity index (χ4n) is 4.90. The van der Waals surface area contributed by atoms with Gasteiger partial charge in [0, 0.05) is 13.2 Å². The average molecular weight is 560 g/mol. The van der Waals surface area contributed by atoms with Crippen molar-refractivity contribution in [1.29, 1.82) is 0 Å². The molecule has 0 spiro atoms. The molecule has 3 atom stereocenters. The van der Waals surface area contributed by atoms with Crippen LogP contribution in [0.3, 0.4) is 0 Å². The van der Waals surface area contributed by atoms with Crippen LogP contribution in [0.15, 0.2) is 101 Å². The molecule has 1 aliphatic rings. The van der Waals surface area contributed by atoms with Crippen LogP contribution in [0.2, 0.25) is 0 Å². The van der Waals surface area contributed by atoms with Crippen LogP contribution in [0, 0.1) is 6.61 Å². The number of methoxy groups -OCH3 is 3. The summed E-state index contributed by atoms with van der Waals surface area (Å²) < 4.78 is 30.2. The van der Waals surface area contributed by atoms with Gasteiger partial charge in [-0.15, -0.1) is 4.73 Å². The van der Waals surface area contributed by atoms with Gasteiger partial charge in [-0.05, 0) is 41.0 Å². The summed E-state index contributed by atoms with van der Waals surface area (Å²) in [7, 11) is 4.75. The molecule has 0 unspecified atom stereocenters. The van der Waals surface area contributed by atoms with Crippen LogP contribution in [0.25, 0.3) is 0 Å². The second kappa shape index (κ2) is 12.4. The van der Waals surface area contributed by atoms with Gasteiger partial charge in [-0.25, -0.2) is 4.79 Å². The van der Waals surface area contributed by atoms with E-state index in [1.807, 2.05) is 78.9 Å². The van der Waals surface area contributed by atoms with Gasteiger partial charge in [-0.2, -0.15) is 0 Å². The van der Waals surface area contributed by atoms with Crippen LogP contribution in [0.1, 0.15) is 16.7 Å². The van der Waals surface area contributed by atoms with Gasteiger partial charge in [-0.1, -0.05) is 54.6 Å². The lowest BCUT2D eigenvalue weighted by Gasteiger charge is -2.37. The zero-order valence-electron chi connectivity index (χ0n) is 22.9. The lowest BCUT2D eigenvalue weighted by atomic mass is 9.80. The summed E-state index contributed by atoms with van der Waals surface area (Å²) >= 11 is 0. The SMILES string of the molecule is COc1ccc(C(OC[C@H]2O[CH][C@@H](OC)[C@@H]2On2ccc(=O)[nH]c2=O)(c2ccccc2)c2ccc(OC)cc2)cc1. The number of nitrogens with one attached hydrogen (secondary N) is 1. The molecule has 41 heavy (non-hydrogen) atoms. The van der Waals surface area contributed by atoms with Gasteiger partial charge >= 0.3 is 5.69 Å². The summed E-state index contributed by atoms with van der Waals surface area (Å²) in [6, 6.07) is 26.4. The number of benzene rings is 3. The van der Waals surface area contributed by atoms with E-state index in [4.69, 9.17) is 28.5 Å². The summed E-state index contributed by atoms with van der Waals surface area (Å²) in [5.74, 6) is 1.42. The Balaban J connectivity index is 1.56. The quantitative estimate of drug-likeness (QED) is 0.280. The molecule has 5 rings (SSSR count). The molecule has 0 bridgehead atoms. The highest BCUT2D eigenvalue weighted by Gasteiger charge is 2.45. The largest absolute Gasteiger partial charge is 0.497 e. The fraction of sp³-hybridized carbons (Fsp3) is 0.258. The van der Waals surface area contributed by atoms with Gasteiger partial charge in [0.15, 0.2) is 6.10 Å². The molecule has 1 radical (unpaired) electrons. The molecule has 0 aliphatic carbocycles. The molecule has 1 aromatic heterocycles. The minimum atomic E-state index is -1.08. The molecule has 1 saturated heterocycles. The van der Waals surface area contributed by atoms with E-state index in [9.17, 15) is 9.59 Å². The third-order valence-corrected chi connectivity index (χ3v) is 7.01. The maximum atomic E-state index is 12.3. The zero-order valence-corrected chi connectivity index (χ0v) is 22.9. The minimum absolute atomic E-state index is 0.0477. The monoisotopic (exact) mass is 559 g/mol. The predicted molar refractivity (Wildman–Crippen MR) is 150 cm³/mol. The number of rotatable bonds is 11. The number of aromatic nitrogens is 2. The highest BCUT2D eigenvalue weighted by atomic mass is 16.7. The van der Waals surface area contributed by atoms with E-state index >= 15 is 0 Å². The first-order valence-corrected chi connectivity index (χ1v) is 13.0. The molecular weight excluding hydrogens is 528 g/mol. The highest BCUT2D eigenvalue weighted by molar-refractivity contribution is 5.49. The number of ether oxygens (including phenoxy) is 5. The lowest BCUT2D eigenvalue weighted by molar-refractivity contribution is -0.0990. The van der Waals surface area contributed by atoms with Crippen molar-refractivity contribution in [3.8, 4) is 11.5 Å². The minimum Gasteiger partial charge on any atom is -0.497 e. The molecule has 1 aliphatic heterocycles. The topological polar surface area (TPSA) is 110 Å². The third kappa shape index (κ3) is 5.76. The molecule has 3 aromatic carbocycles. The van der Waals surface area contributed by atoms with E-state index in [0.717, 1.165) is 21.4 Å². The molecule has 0 saturated carbocycles. The second-order valence-corrected chi connectivity index (χ2v) is 9.33. The van der Waals surface area contributed by atoms with Crippen LogP contribution in [0.4, 0.5) is 0 Å². The van der Waals surface area contributed by atoms with Crippen LogP contribution in [-0.4, -0.2) is 56.0 Å². The summed E-state index contributed by atoms with van der Waals surface area (Å²) in [5, 5.41) is 0. The first kappa shape index (κ1) is 28.2. The fourth-order valence-corrected chi connectivity index (χ4v) is 4.90. The van der Waals surface area contributed by atoms with Crippen LogP contribution < -0.4 is 25.6 Å². The number of aromatic amines is 1. The smallest absolute Gasteiger partial charge is 0.361 e. The van der Waals surface area contributed by atoms with Gasteiger partial charge < -0.3 is 28.5 Å². The Morgan fingerprint density at radius 2 is 1.39 bits per heavy atom. The standard InChI is InChI=1S/C31H31N2O8/c1-36-24-13-9-22(10-14-24)31(21-7-5-4-6-8-21,23-11-15-25(37-2)16-12-23)40-20-27-29(26(38-3)19-39-27)41-33-18-17-28(34)32-30(33)35/h4-19,26-27,29H,20H2,1-3H3,(H,32,34,35)/t26-,27-,29+/m1/s1. The third-order valence-electron chi connectivity index (χ3n) is 7.01.